The molecule has 0 radical (unpaired) electrons. The van der Waals surface area contributed by atoms with Gasteiger partial charge >= 0.3 is 0 Å². The predicted molar refractivity (Wildman–Crippen MR) is 82.0 cm³/mol. The van der Waals surface area contributed by atoms with Crippen molar-refractivity contribution < 1.29 is 0 Å². The first kappa shape index (κ1) is 13.4. The summed E-state index contributed by atoms with van der Waals surface area (Å²) in [6.45, 7) is 2.02. The SMILES string of the molecule is N#Cc1ccc(N2CCC(Nc3ccncn3)CC2)cc1. The van der Waals surface area contributed by atoms with Crippen LogP contribution in [0.4, 0.5) is 11.5 Å². The van der Waals surface area contributed by atoms with Crippen molar-refractivity contribution in [2.75, 3.05) is 23.3 Å². The van der Waals surface area contributed by atoms with Gasteiger partial charge in [-0.1, -0.05) is 0 Å². The van der Waals surface area contributed by atoms with Gasteiger partial charge in [0.2, 0.25) is 0 Å². The number of nitrogens with zero attached hydrogens (tertiary/aromatic N) is 4. The first-order chi connectivity index (χ1) is 10.3. The van der Waals surface area contributed by atoms with E-state index in [2.05, 4.69) is 26.3 Å². The van der Waals surface area contributed by atoms with Gasteiger partial charge < -0.3 is 10.2 Å². The van der Waals surface area contributed by atoms with Crippen LogP contribution in [0.1, 0.15) is 18.4 Å². The zero-order valence-electron chi connectivity index (χ0n) is 11.7. The van der Waals surface area contributed by atoms with Gasteiger partial charge in [-0.3, -0.25) is 0 Å². The Bertz CT molecular complexity index is 609. The Morgan fingerprint density at radius 2 is 1.90 bits per heavy atom. The van der Waals surface area contributed by atoms with Gasteiger partial charge in [-0.05, 0) is 43.2 Å². The number of benzene rings is 1. The number of aromatic nitrogens is 2. The van der Waals surface area contributed by atoms with Crippen LogP contribution in [0.5, 0.6) is 0 Å². The van der Waals surface area contributed by atoms with Crippen LogP contribution in [0, 0.1) is 11.3 Å². The van der Waals surface area contributed by atoms with Crippen LogP contribution in [-0.2, 0) is 0 Å². The van der Waals surface area contributed by atoms with Gasteiger partial charge in [0.1, 0.15) is 12.1 Å². The van der Waals surface area contributed by atoms with Crippen LogP contribution in [0.3, 0.4) is 0 Å². The maximum absolute atomic E-state index is 8.83. The molecular weight excluding hydrogens is 262 g/mol. The highest BCUT2D eigenvalue weighted by atomic mass is 15.2. The van der Waals surface area contributed by atoms with Crippen molar-refractivity contribution in [2.24, 2.45) is 0 Å². The van der Waals surface area contributed by atoms with E-state index in [0.29, 0.717) is 11.6 Å². The lowest BCUT2D eigenvalue weighted by molar-refractivity contribution is 0.525. The predicted octanol–water partition coefficient (Wildman–Crippen LogP) is 2.43. The molecule has 0 spiro atoms. The summed E-state index contributed by atoms with van der Waals surface area (Å²) in [6, 6.07) is 12.3. The fourth-order valence-corrected chi connectivity index (χ4v) is 2.61. The van der Waals surface area contributed by atoms with Crippen molar-refractivity contribution in [3.05, 3.63) is 48.4 Å². The topological polar surface area (TPSA) is 64.8 Å². The van der Waals surface area contributed by atoms with Gasteiger partial charge in [0.05, 0.1) is 11.6 Å². The van der Waals surface area contributed by atoms with E-state index in [1.54, 1.807) is 12.5 Å². The summed E-state index contributed by atoms with van der Waals surface area (Å²) in [6.07, 6.45) is 5.46. The summed E-state index contributed by atoms with van der Waals surface area (Å²) in [4.78, 5) is 10.5. The number of rotatable bonds is 3. The molecule has 0 amide bonds. The third-order valence-corrected chi connectivity index (χ3v) is 3.79. The molecule has 1 aromatic carbocycles. The first-order valence-corrected chi connectivity index (χ1v) is 7.13. The highest BCUT2D eigenvalue weighted by Crippen LogP contribution is 2.21. The van der Waals surface area contributed by atoms with E-state index < -0.39 is 0 Å². The average Bonchev–Trinajstić information content (AvgIpc) is 2.57. The zero-order chi connectivity index (χ0) is 14.5. The maximum Gasteiger partial charge on any atom is 0.129 e. The van der Waals surface area contributed by atoms with E-state index in [4.69, 9.17) is 5.26 Å². The lowest BCUT2D eigenvalue weighted by atomic mass is 10.0. The summed E-state index contributed by atoms with van der Waals surface area (Å²) < 4.78 is 0. The summed E-state index contributed by atoms with van der Waals surface area (Å²) >= 11 is 0. The van der Waals surface area contributed by atoms with Crippen molar-refractivity contribution in [3.63, 3.8) is 0 Å². The van der Waals surface area contributed by atoms with Crippen molar-refractivity contribution in [1.29, 1.82) is 5.26 Å². The van der Waals surface area contributed by atoms with Crippen LogP contribution in [0.25, 0.3) is 0 Å². The number of hydrogen-bond acceptors (Lipinski definition) is 5. The summed E-state index contributed by atoms with van der Waals surface area (Å²) in [5.74, 6) is 0.891. The highest BCUT2D eigenvalue weighted by Gasteiger charge is 2.19. The van der Waals surface area contributed by atoms with Crippen LogP contribution < -0.4 is 10.2 Å². The minimum absolute atomic E-state index is 0.453. The first-order valence-electron chi connectivity index (χ1n) is 7.13. The van der Waals surface area contributed by atoms with Crippen molar-refractivity contribution in [2.45, 2.75) is 18.9 Å². The van der Waals surface area contributed by atoms with Crippen LogP contribution in [-0.4, -0.2) is 29.1 Å². The van der Waals surface area contributed by atoms with E-state index in [-0.39, 0.29) is 0 Å². The van der Waals surface area contributed by atoms with Crippen LogP contribution >= 0.6 is 0 Å². The molecule has 3 rings (SSSR count). The Morgan fingerprint density at radius 1 is 1.14 bits per heavy atom. The van der Waals surface area contributed by atoms with Gasteiger partial charge in [0, 0.05) is 31.0 Å². The van der Waals surface area contributed by atoms with Crippen molar-refractivity contribution >= 4 is 11.5 Å². The van der Waals surface area contributed by atoms with Crippen LogP contribution in [0.15, 0.2) is 42.9 Å². The van der Waals surface area contributed by atoms with E-state index in [1.807, 2.05) is 30.3 Å². The number of piperidine rings is 1. The Morgan fingerprint density at radius 3 is 2.52 bits per heavy atom. The van der Waals surface area contributed by atoms with Crippen molar-refractivity contribution in [1.82, 2.24) is 9.97 Å². The molecular formula is C16H17N5. The summed E-state index contributed by atoms with van der Waals surface area (Å²) in [7, 11) is 0. The second-order valence-corrected chi connectivity index (χ2v) is 5.16. The number of nitrogens with one attached hydrogen (secondary N) is 1. The molecule has 0 atom stereocenters. The fourth-order valence-electron chi connectivity index (χ4n) is 2.61. The highest BCUT2D eigenvalue weighted by molar-refractivity contribution is 5.50. The van der Waals surface area contributed by atoms with Crippen molar-refractivity contribution in [3.8, 4) is 6.07 Å². The third kappa shape index (κ3) is 3.29. The molecule has 1 N–H and O–H groups in total. The maximum atomic E-state index is 8.83. The standard InChI is InChI=1S/C16H17N5/c17-11-13-1-3-15(4-2-13)21-9-6-14(7-10-21)20-16-5-8-18-12-19-16/h1-5,8,12,14H,6-7,9-10H2,(H,18,19,20). The normalized spacial score (nSPS) is 15.5. The molecule has 1 aliphatic heterocycles. The lowest BCUT2D eigenvalue weighted by Gasteiger charge is -2.34. The molecule has 1 saturated heterocycles. The third-order valence-electron chi connectivity index (χ3n) is 3.79. The molecule has 1 aromatic heterocycles. The Hall–Kier alpha value is -2.61. The van der Waals surface area contributed by atoms with Gasteiger partial charge in [-0.25, -0.2) is 9.97 Å². The molecule has 0 saturated carbocycles. The molecule has 5 heteroatoms. The number of nitriles is 1. The molecule has 0 unspecified atom stereocenters. The fraction of sp³-hybridized carbons (Fsp3) is 0.312. The van der Waals surface area contributed by atoms with E-state index in [9.17, 15) is 0 Å². The van der Waals surface area contributed by atoms with Crippen LogP contribution in [0.2, 0.25) is 0 Å². The summed E-state index contributed by atoms with van der Waals surface area (Å²) in [5.41, 5.74) is 1.90. The Balaban J connectivity index is 1.56. The molecule has 1 aliphatic rings. The average molecular weight is 279 g/mol. The minimum atomic E-state index is 0.453. The van der Waals surface area contributed by atoms with E-state index >= 15 is 0 Å². The molecule has 5 nitrogen and oxygen atoms in total. The second-order valence-electron chi connectivity index (χ2n) is 5.16. The van der Waals surface area contributed by atoms with Gasteiger partial charge in [0.25, 0.3) is 0 Å². The van der Waals surface area contributed by atoms with Gasteiger partial charge in [-0.15, -0.1) is 0 Å². The zero-order valence-corrected chi connectivity index (χ0v) is 11.7. The molecule has 2 aromatic rings. The monoisotopic (exact) mass is 279 g/mol. The Kier molecular flexibility index (Phi) is 3.97. The molecule has 2 heterocycles. The van der Waals surface area contributed by atoms with E-state index in [1.165, 1.54) is 5.69 Å². The smallest absolute Gasteiger partial charge is 0.129 e. The van der Waals surface area contributed by atoms with Gasteiger partial charge in [-0.2, -0.15) is 5.26 Å². The molecule has 0 bridgehead atoms. The molecule has 106 valence electrons. The summed E-state index contributed by atoms with van der Waals surface area (Å²) in [5, 5.41) is 12.3. The quantitative estimate of drug-likeness (QED) is 0.934. The minimum Gasteiger partial charge on any atom is -0.371 e. The largest absolute Gasteiger partial charge is 0.371 e. The second kappa shape index (κ2) is 6.23. The number of anilines is 2. The molecule has 21 heavy (non-hydrogen) atoms. The van der Waals surface area contributed by atoms with Gasteiger partial charge in [0.15, 0.2) is 0 Å². The number of hydrogen-bond donors (Lipinski definition) is 1. The molecule has 1 fully saturated rings. The Labute approximate surface area is 124 Å². The van der Waals surface area contributed by atoms with E-state index in [0.717, 1.165) is 31.7 Å². The lowest BCUT2D eigenvalue weighted by Crippen LogP contribution is -2.39. The molecule has 0 aliphatic carbocycles.